The first-order valence-corrected chi connectivity index (χ1v) is 12.8. The van der Waals surface area contributed by atoms with Crippen LogP contribution in [0.15, 0.2) is 34.0 Å². The maximum atomic E-state index is 13.4. The number of aromatic nitrogens is 4. The van der Waals surface area contributed by atoms with Crippen molar-refractivity contribution in [3.8, 4) is 17.6 Å². The standard InChI is InChI=1S/C23H21F5N6O3S/c1-5-38(35,36)18-16-7-6-14(21(12-29)8-9-21)11-34(16)32-17(18)20-31-15(19(30-3)33(20)4)10-13(2)37-23(27,28)22(24,25)26/h6-7,10-11H,3,5,8-9H2,1-2,4H3/b13-10+. The Balaban J connectivity index is 1.90. The molecule has 3 aromatic rings. The van der Waals surface area contributed by atoms with E-state index in [2.05, 4.69) is 32.6 Å². The number of halogens is 5. The maximum absolute atomic E-state index is 13.4. The number of imidazole rings is 1. The summed E-state index contributed by atoms with van der Waals surface area (Å²) in [6.45, 7) is 5.70. The Kier molecular flexibility index (Phi) is 6.38. The van der Waals surface area contributed by atoms with Crippen LogP contribution in [0.4, 0.5) is 27.8 Å². The average molecular weight is 557 g/mol. The Morgan fingerprint density at radius 1 is 1.32 bits per heavy atom. The van der Waals surface area contributed by atoms with E-state index in [0.29, 0.717) is 18.4 Å². The summed E-state index contributed by atoms with van der Waals surface area (Å²) < 4.78 is 97.0. The zero-order valence-corrected chi connectivity index (χ0v) is 21.2. The first-order valence-electron chi connectivity index (χ1n) is 11.1. The highest BCUT2D eigenvalue weighted by molar-refractivity contribution is 7.91. The molecule has 3 aromatic heterocycles. The van der Waals surface area contributed by atoms with Crippen LogP contribution < -0.4 is 0 Å². The number of ether oxygens (including phenoxy) is 1. The van der Waals surface area contributed by atoms with Gasteiger partial charge in [-0.1, -0.05) is 13.0 Å². The number of allylic oxidation sites excluding steroid dienone is 1. The Bertz CT molecular complexity index is 1630. The van der Waals surface area contributed by atoms with Gasteiger partial charge < -0.3 is 9.30 Å². The molecule has 0 spiro atoms. The van der Waals surface area contributed by atoms with Crippen LogP contribution in [0.1, 0.15) is 37.9 Å². The van der Waals surface area contributed by atoms with Gasteiger partial charge in [-0.25, -0.2) is 22.9 Å². The van der Waals surface area contributed by atoms with E-state index in [9.17, 15) is 35.6 Å². The molecule has 3 heterocycles. The van der Waals surface area contributed by atoms with E-state index < -0.39 is 33.3 Å². The summed E-state index contributed by atoms with van der Waals surface area (Å²) in [4.78, 5) is 7.84. The molecule has 0 aliphatic heterocycles. The molecule has 0 atom stereocenters. The van der Waals surface area contributed by atoms with Gasteiger partial charge in [-0.3, -0.25) is 0 Å². The average Bonchev–Trinajstić information content (AvgIpc) is 3.44. The van der Waals surface area contributed by atoms with E-state index in [1.54, 1.807) is 18.3 Å². The summed E-state index contributed by atoms with van der Waals surface area (Å²) >= 11 is 0. The normalized spacial score (nSPS) is 15.9. The number of hydrogen-bond donors (Lipinski definition) is 0. The molecule has 0 bridgehead atoms. The van der Waals surface area contributed by atoms with Gasteiger partial charge in [-0.2, -0.15) is 32.3 Å². The molecule has 202 valence electrons. The van der Waals surface area contributed by atoms with Gasteiger partial charge in [-0.15, -0.1) is 0 Å². The number of hydrogen-bond acceptors (Lipinski definition) is 7. The Morgan fingerprint density at radius 3 is 2.50 bits per heavy atom. The second-order valence-electron chi connectivity index (χ2n) is 8.76. The highest BCUT2D eigenvalue weighted by Gasteiger charge is 2.61. The number of nitriles is 1. The predicted octanol–water partition coefficient (Wildman–Crippen LogP) is 4.95. The smallest absolute Gasteiger partial charge is 0.431 e. The number of alkyl halides is 5. The fourth-order valence-electron chi connectivity index (χ4n) is 3.99. The first-order chi connectivity index (χ1) is 17.6. The summed E-state index contributed by atoms with van der Waals surface area (Å²) in [6.07, 6.45) is -7.71. The van der Waals surface area contributed by atoms with E-state index in [0.717, 1.165) is 13.0 Å². The summed E-state index contributed by atoms with van der Waals surface area (Å²) in [7, 11) is -2.47. The topological polar surface area (TPSA) is 115 Å². The van der Waals surface area contributed by atoms with E-state index >= 15 is 0 Å². The van der Waals surface area contributed by atoms with Crippen molar-refractivity contribution < 1.29 is 35.1 Å². The first kappa shape index (κ1) is 27.2. The third-order valence-electron chi connectivity index (χ3n) is 6.20. The summed E-state index contributed by atoms with van der Waals surface area (Å²) in [5.74, 6) is -1.23. The van der Waals surface area contributed by atoms with Gasteiger partial charge in [0.2, 0.25) is 0 Å². The number of pyridine rings is 1. The zero-order chi connectivity index (χ0) is 28.3. The van der Waals surface area contributed by atoms with Crippen molar-refractivity contribution in [3.63, 3.8) is 0 Å². The lowest BCUT2D eigenvalue weighted by Gasteiger charge is -2.20. The lowest BCUT2D eigenvalue weighted by atomic mass is 10.00. The molecule has 1 aliphatic rings. The van der Waals surface area contributed by atoms with Crippen LogP contribution in [0.3, 0.4) is 0 Å². The van der Waals surface area contributed by atoms with Crippen LogP contribution in [-0.2, 0) is 27.0 Å². The Morgan fingerprint density at radius 2 is 1.97 bits per heavy atom. The van der Waals surface area contributed by atoms with Gasteiger partial charge in [0.05, 0.1) is 22.8 Å². The van der Waals surface area contributed by atoms with Crippen LogP contribution in [0.5, 0.6) is 0 Å². The minimum absolute atomic E-state index is 0.0581. The van der Waals surface area contributed by atoms with Crippen molar-refractivity contribution in [1.29, 1.82) is 5.26 Å². The maximum Gasteiger partial charge on any atom is 0.498 e. The highest BCUT2D eigenvalue weighted by Crippen LogP contribution is 2.48. The van der Waals surface area contributed by atoms with Gasteiger partial charge in [0, 0.05) is 19.3 Å². The minimum Gasteiger partial charge on any atom is -0.431 e. The molecule has 9 nitrogen and oxygen atoms in total. The van der Waals surface area contributed by atoms with Crippen molar-refractivity contribution in [3.05, 3.63) is 35.3 Å². The van der Waals surface area contributed by atoms with Crippen molar-refractivity contribution in [1.82, 2.24) is 19.2 Å². The second-order valence-corrected chi connectivity index (χ2v) is 11.0. The van der Waals surface area contributed by atoms with E-state index in [1.807, 2.05) is 0 Å². The molecule has 0 N–H and O–H groups in total. The van der Waals surface area contributed by atoms with Crippen molar-refractivity contribution in [2.24, 2.45) is 12.0 Å². The number of nitrogens with zero attached hydrogens (tertiary/aromatic N) is 6. The molecule has 0 unspecified atom stereocenters. The Hall–Kier alpha value is -3.80. The minimum atomic E-state index is -5.94. The zero-order valence-electron chi connectivity index (χ0n) is 20.3. The summed E-state index contributed by atoms with van der Waals surface area (Å²) in [5, 5.41) is 14.0. The lowest BCUT2D eigenvalue weighted by Crippen LogP contribution is -2.38. The van der Waals surface area contributed by atoms with E-state index in [1.165, 1.54) is 23.1 Å². The van der Waals surface area contributed by atoms with Crippen molar-refractivity contribution in [2.75, 3.05) is 5.75 Å². The van der Waals surface area contributed by atoms with Crippen LogP contribution in [0.25, 0.3) is 23.1 Å². The molecule has 15 heteroatoms. The van der Waals surface area contributed by atoms with Gasteiger partial charge in [0.1, 0.15) is 22.0 Å². The van der Waals surface area contributed by atoms with Crippen LogP contribution >= 0.6 is 0 Å². The predicted molar refractivity (Wildman–Crippen MR) is 127 cm³/mol. The monoisotopic (exact) mass is 556 g/mol. The van der Waals surface area contributed by atoms with Gasteiger partial charge in [-0.05, 0) is 38.1 Å². The Labute approximate surface area is 213 Å². The van der Waals surface area contributed by atoms with Gasteiger partial charge in [0.25, 0.3) is 0 Å². The van der Waals surface area contributed by atoms with Crippen molar-refractivity contribution >= 4 is 34.0 Å². The largest absolute Gasteiger partial charge is 0.498 e. The fraction of sp³-hybridized carbons (Fsp3) is 0.391. The molecule has 1 aliphatic carbocycles. The molecule has 1 saturated carbocycles. The molecule has 0 saturated heterocycles. The summed E-state index contributed by atoms with van der Waals surface area (Å²) in [5.41, 5.74) is -0.0838. The fourth-order valence-corrected chi connectivity index (χ4v) is 5.18. The highest BCUT2D eigenvalue weighted by atomic mass is 32.2. The van der Waals surface area contributed by atoms with Crippen LogP contribution in [0.2, 0.25) is 0 Å². The SMILES string of the molecule is C=Nc1c(/C=C(\C)OC(F)(F)C(F)(F)F)nc(-c2nn3cc(C4(C#N)CC4)ccc3c2S(=O)(=O)CC)n1C. The third-order valence-corrected chi connectivity index (χ3v) is 7.99. The lowest BCUT2D eigenvalue weighted by molar-refractivity contribution is -0.379. The number of rotatable bonds is 8. The summed E-state index contributed by atoms with van der Waals surface area (Å²) in [6, 6.07) is 5.47. The van der Waals surface area contributed by atoms with E-state index in [4.69, 9.17) is 0 Å². The molecular formula is C23H21F5N6O3S. The van der Waals surface area contributed by atoms with Crippen molar-refractivity contribution in [2.45, 2.75) is 49.3 Å². The molecule has 0 amide bonds. The quantitative estimate of drug-likeness (QED) is 0.220. The van der Waals surface area contributed by atoms with Gasteiger partial charge in [0.15, 0.2) is 21.5 Å². The molecule has 0 aromatic carbocycles. The number of sulfone groups is 1. The van der Waals surface area contributed by atoms with Crippen LogP contribution in [0, 0.1) is 11.3 Å². The number of aliphatic imine (C=N–C) groups is 1. The molecule has 38 heavy (non-hydrogen) atoms. The second kappa shape index (κ2) is 8.90. The van der Waals surface area contributed by atoms with Crippen LogP contribution in [-0.4, -0.2) is 52.3 Å². The van der Waals surface area contributed by atoms with Gasteiger partial charge >= 0.3 is 12.3 Å². The number of fused-ring (bicyclic) bond motifs is 1. The molecular weight excluding hydrogens is 535 g/mol. The molecule has 4 rings (SSSR count). The van der Waals surface area contributed by atoms with E-state index in [-0.39, 0.29) is 39.2 Å². The third kappa shape index (κ3) is 4.42. The molecule has 1 fully saturated rings. The molecule has 0 radical (unpaired) electrons.